The molecular weight excluding hydrogens is 214 g/mol. The minimum Gasteiger partial charge on any atom is -0.314 e. The molecule has 0 spiro atoms. The number of nitrogens with one attached hydrogen (secondary N) is 1. The Bertz CT molecular complexity index is 335. The van der Waals surface area contributed by atoms with Crippen molar-refractivity contribution in [2.24, 2.45) is 13.0 Å². The molecule has 1 aliphatic carbocycles. The van der Waals surface area contributed by atoms with E-state index in [2.05, 4.69) is 27.7 Å². The maximum atomic E-state index is 4.29. The van der Waals surface area contributed by atoms with Gasteiger partial charge in [0.05, 0.1) is 7.05 Å². The molecule has 0 radical (unpaired) electrons. The van der Waals surface area contributed by atoms with E-state index in [1.807, 2.05) is 7.05 Å². The number of hydrogen-bond acceptors (Lipinski definition) is 4. The van der Waals surface area contributed by atoms with Crippen LogP contribution in [0.15, 0.2) is 0 Å². The number of tetrazole rings is 1. The SMILES string of the molecule is CCCNC1CCCCC1Cc1nnn(C)n1. The molecule has 1 saturated carbocycles. The molecule has 1 N–H and O–H groups in total. The highest BCUT2D eigenvalue weighted by atomic mass is 15.6. The first-order valence-electron chi connectivity index (χ1n) is 6.76. The zero-order valence-electron chi connectivity index (χ0n) is 10.9. The highest BCUT2D eigenvalue weighted by Gasteiger charge is 2.25. The minimum absolute atomic E-state index is 0.646. The van der Waals surface area contributed by atoms with E-state index in [-0.39, 0.29) is 0 Å². The minimum atomic E-state index is 0.646. The van der Waals surface area contributed by atoms with Crippen LogP contribution in [-0.4, -0.2) is 32.8 Å². The van der Waals surface area contributed by atoms with Gasteiger partial charge in [0, 0.05) is 12.5 Å². The fourth-order valence-corrected chi connectivity index (χ4v) is 2.69. The lowest BCUT2D eigenvalue weighted by Gasteiger charge is -2.31. The topological polar surface area (TPSA) is 55.6 Å². The van der Waals surface area contributed by atoms with Crippen molar-refractivity contribution in [1.82, 2.24) is 25.5 Å². The van der Waals surface area contributed by atoms with Crippen LogP contribution < -0.4 is 5.32 Å². The molecule has 2 unspecified atom stereocenters. The number of aryl methyl sites for hydroxylation is 1. The maximum absolute atomic E-state index is 4.29. The molecule has 1 heterocycles. The average molecular weight is 237 g/mol. The van der Waals surface area contributed by atoms with Crippen molar-refractivity contribution >= 4 is 0 Å². The molecule has 0 bridgehead atoms. The largest absolute Gasteiger partial charge is 0.314 e. The molecule has 2 rings (SSSR count). The third-order valence-corrected chi connectivity index (χ3v) is 3.56. The Morgan fingerprint density at radius 1 is 1.35 bits per heavy atom. The molecule has 0 saturated heterocycles. The van der Waals surface area contributed by atoms with Crippen molar-refractivity contribution in [3.63, 3.8) is 0 Å². The summed E-state index contributed by atoms with van der Waals surface area (Å²) in [6.45, 7) is 3.34. The van der Waals surface area contributed by atoms with E-state index in [9.17, 15) is 0 Å². The normalized spacial score (nSPS) is 25.1. The van der Waals surface area contributed by atoms with Crippen LogP contribution >= 0.6 is 0 Å². The van der Waals surface area contributed by atoms with Gasteiger partial charge in [-0.1, -0.05) is 19.8 Å². The third kappa shape index (κ3) is 3.49. The zero-order chi connectivity index (χ0) is 12.1. The second-order valence-corrected chi connectivity index (χ2v) is 5.00. The van der Waals surface area contributed by atoms with Crippen LogP contribution in [0.1, 0.15) is 44.9 Å². The van der Waals surface area contributed by atoms with E-state index in [1.165, 1.54) is 32.1 Å². The van der Waals surface area contributed by atoms with Crippen LogP contribution in [0.3, 0.4) is 0 Å². The lowest BCUT2D eigenvalue weighted by atomic mass is 9.82. The fourth-order valence-electron chi connectivity index (χ4n) is 2.69. The van der Waals surface area contributed by atoms with Crippen LogP contribution in [0.2, 0.25) is 0 Å². The van der Waals surface area contributed by atoms with E-state index in [0.29, 0.717) is 12.0 Å². The molecule has 1 aliphatic rings. The van der Waals surface area contributed by atoms with Gasteiger partial charge in [-0.05, 0) is 36.9 Å². The summed E-state index contributed by atoms with van der Waals surface area (Å²) < 4.78 is 0. The summed E-state index contributed by atoms with van der Waals surface area (Å²) in [5, 5.41) is 16.0. The van der Waals surface area contributed by atoms with E-state index in [1.54, 1.807) is 4.80 Å². The molecule has 0 aliphatic heterocycles. The Hall–Kier alpha value is -0.970. The zero-order valence-corrected chi connectivity index (χ0v) is 10.9. The highest BCUT2D eigenvalue weighted by molar-refractivity contribution is 4.89. The van der Waals surface area contributed by atoms with Crippen molar-refractivity contribution in [3.8, 4) is 0 Å². The molecular formula is C12H23N5. The standard InChI is InChI=1S/C12H23N5/c1-3-8-13-11-7-5-4-6-10(11)9-12-14-16-17(2)15-12/h10-11,13H,3-9H2,1-2H3. The van der Waals surface area contributed by atoms with Crippen LogP contribution in [0.4, 0.5) is 0 Å². The molecule has 1 aromatic heterocycles. The summed E-state index contributed by atoms with van der Waals surface area (Å²) in [6, 6.07) is 0.646. The Kier molecular flexibility index (Phi) is 4.48. The van der Waals surface area contributed by atoms with Gasteiger partial charge in [-0.3, -0.25) is 0 Å². The van der Waals surface area contributed by atoms with Crippen molar-refractivity contribution < 1.29 is 0 Å². The first-order valence-corrected chi connectivity index (χ1v) is 6.76. The molecule has 1 aromatic rings. The predicted octanol–water partition coefficient (Wildman–Crippen LogP) is 1.31. The van der Waals surface area contributed by atoms with E-state index < -0.39 is 0 Å². The van der Waals surface area contributed by atoms with Crippen LogP contribution in [-0.2, 0) is 13.5 Å². The second kappa shape index (κ2) is 6.10. The van der Waals surface area contributed by atoms with Crippen LogP contribution in [0, 0.1) is 5.92 Å². The fraction of sp³-hybridized carbons (Fsp3) is 0.917. The van der Waals surface area contributed by atoms with Crippen LogP contribution in [0.5, 0.6) is 0 Å². The van der Waals surface area contributed by atoms with E-state index >= 15 is 0 Å². The number of nitrogens with zero attached hydrogens (tertiary/aromatic N) is 4. The number of aromatic nitrogens is 4. The van der Waals surface area contributed by atoms with Crippen molar-refractivity contribution in [1.29, 1.82) is 0 Å². The first-order chi connectivity index (χ1) is 8.29. The Morgan fingerprint density at radius 2 is 2.18 bits per heavy atom. The summed E-state index contributed by atoms with van der Waals surface area (Å²) in [4.78, 5) is 1.55. The van der Waals surface area contributed by atoms with E-state index in [4.69, 9.17) is 0 Å². The summed E-state index contributed by atoms with van der Waals surface area (Å²) in [5.41, 5.74) is 0. The quantitative estimate of drug-likeness (QED) is 0.839. The Balaban J connectivity index is 1.91. The van der Waals surface area contributed by atoms with E-state index in [0.717, 1.165) is 18.8 Å². The Labute approximate surface area is 103 Å². The second-order valence-electron chi connectivity index (χ2n) is 5.00. The monoisotopic (exact) mass is 237 g/mol. The molecule has 0 aromatic carbocycles. The molecule has 17 heavy (non-hydrogen) atoms. The average Bonchev–Trinajstić information content (AvgIpc) is 2.74. The smallest absolute Gasteiger partial charge is 0.175 e. The van der Waals surface area contributed by atoms with Gasteiger partial charge in [0.25, 0.3) is 0 Å². The van der Waals surface area contributed by atoms with Gasteiger partial charge in [0.1, 0.15) is 0 Å². The number of rotatable bonds is 5. The molecule has 2 atom stereocenters. The van der Waals surface area contributed by atoms with Crippen molar-refractivity contribution in [3.05, 3.63) is 5.82 Å². The molecule has 1 fully saturated rings. The van der Waals surface area contributed by atoms with Crippen molar-refractivity contribution in [2.45, 2.75) is 51.5 Å². The Morgan fingerprint density at radius 3 is 2.88 bits per heavy atom. The first kappa shape index (κ1) is 12.5. The van der Waals surface area contributed by atoms with Crippen LogP contribution in [0.25, 0.3) is 0 Å². The van der Waals surface area contributed by atoms with Gasteiger partial charge < -0.3 is 5.32 Å². The lowest BCUT2D eigenvalue weighted by Crippen LogP contribution is -2.40. The maximum Gasteiger partial charge on any atom is 0.175 e. The van der Waals surface area contributed by atoms with Gasteiger partial charge >= 0.3 is 0 Å². The molecule has 5 nitrogen and oxygen atoms in total. The van der Waals surface area contributed by atoms with Gasteiger partial charge in [-0.25, -0.2) is 0 Å². The van der Waals surface area contributed by atoms with Gasteiger partial charge in [0.2, 0.25) is 0 Å². The molecule has 0 amide bonds. The lowest BCUT2D eigenvalue weighted by molar-refractivity contribution is 0.258. The van der Waals surface area contributed by atoms with Gasteiger partial charge in [-0.2, -0.15) is 4.80 Å². The molecule has 96 valence electrons. The van der Waals surface area contributed by atoms with Crippen molar-refractivity contribution in [2.75, 3.05) is 6.54 Å². The summed E-state index contributed by atoms with van der Waals surface area (Å²) in [5.74, 6) is 1.57. The third-order valence-electron chi connectivity index (χ3n) is 3.56. The van der Waals surface area contributed by atoms with Gasteiger partial charge in [-0.15, -0.1) is 10.2 Å². The summed E-state index contributed by atoms with van der Waals surface area (Å²) in [6.07, 6.45) is 7.45. The summed E-state index contributed by atoms with van der Waals surface area (Å²) in [7, 11) is 1.82. The number of hydrogen-bond donors (Lipinski definition) is 1. The molecule has 5 heteroatoms. The van der Waals surface area contributed by atoms with Gasteiger partial charge in [0.15, 0.2) is 5.82 Å². The highest BCUT2D eigenvalue weighted by Crippen LogP contribution is 2.26. The summed E-state index contributed by atoms with van der Waals surface area (Å²) >= 11 is 0. The predicted molar refractivity (Wildman–Crippen MR) is 66.5 cm³/mol.